The third kappa shape index (κ3) is 6.70. The molecule has 0 atom stereocenters. The lowest BCUT2D eigenvalue weighted by Gasteiger charge is -2.36. The molecule has 2 nitrogen and oxygen atoms in total. The zero-order valence-corrected chi connectivity index (χ0v) is 23.9. The lowest BCUT2D eigenvalue weighted by Crippen LogP contribution is -2.41. The van der Waals surface area contributed by atoms with Crippen LogP contribution in [0, 0.1) is 0 Å². The summed E-state index contributed by atoms with van der Waals surface area (Å²) in [4.78, 5) is 4.35. The molecule has 0 radical (unpaired) electrons. The summed E-state index contributed by atoms with van der Waals surface area (Å²) in [5, 5.41) is -0.100. The van der Waals surface area contributed by atoms with E-state index in [0.29, 0.717) is 5.82 Å². The number of hydrogen-bond acceptors (Lipinski definition) is 1. The summed E-state index contributed by atoms with van der Waals surface area (Å²) in [6, 6.07) is 44.1. The molecule has 0 aliphatic carbocycles. The van der Waals surface area contributed by atoms with Crippen LogP contribution < -0.4 is 0 Å². The molecule has 0 unspecified atom stereocenters. The SMILES string of the molecule is BC(c1ccccc1)c1ccccc1.CCC=CC[SiH2]C(c1ccccc1)(c1ccccc1)n1ccnc1. The average molecular weight is 513 g/mol. The van der Waals surface area contributed by atoms with Crippen LogP contribution in [0.5, 0.6) is 0 Å². The molecule has 5 rings (SSSR count). The van der Waals surface area contributed by atoms with Crippen LogP contribution >= 0.6 is 0 Å². The number of nitrogens with zero attached hydrogens (tertiary/aromatic N) is 2. The Labute approximate surface area is 231 Å². The molecule has 0 N–H and O–H groups in total. The van der Waals surface area contributed by atoms with Crippen LogP contribution in [0.3, 0.4) is 0 Å². The van der Waals surface area contributed by atoms with Crippen LogP contribution in [0.15, 0.2) is 152 Å². The third-order valence-corrected chi connectivity index (χ3v) is 9.65. The maximum atomic E-state index is 4.35. The summed E-state index contributed by atoms with van der Waals surface area (Å²) in [6.45, 7) is 2.19. The largest absolute Gasteiger partial charge is 0.327 e. The van der Waals surface area contributed by atoms with E-state index >= 15 is 0 Å². The van der Waals surface area contributed by atoms with Crippen molar-refractivity contribution in [3.63, 3.8) is 0 Å². The van der Waals surface area contributed by atoms with Gasteiger partial charge in [-0.05, 0) is 40.5 Å². The van der Waals surface area contributed by atoms with Crippen LogP contribution in [-0.2, 0) is 5.16 Å². The van der Waals surface area contributed by atoms with E-state index in [1.807, 2.05) is 12.5 Å². The zero-order chi connectivity index (χ0) is 26.5. The fraction of sp³-hybridized carbons (Fsp3) is 0.147. The Hall–Kier alpha value is -3.89. The van der Waals surface area contributed by atoms with E-state index in [9.17, 15) is 0 Å². The molecule has 4 heteroatoms. The van der Waals surface area contributed by atoms with Gasteiger partial charge in [-0.3, -0.25) is 0 Å². The molecule has 0 saturated heterocycles. The number of rotatable bonds is 9. The van der Waals surface area contributed by atoms with E-state index in [1.165, 1.54) is 22.3 Å². The summed E-state index contributed by atoms with van der Waals surface area (Å²) in [5.41, 5.74) is 5.45. The van der Waals surface area contributed by atoms with Crippen molar-refractivity contribution in [1.29, 1.82) is 0 Å². The minimum atomic E-state index is -0.531. The number of aromatic nitrogens is 2. The first-order chi connectivity index (χ1) is 18.8. The Morgan fingerprint density at radius 2 is 1.21 bits per heavy atom. The van der Waals surface area contributed by atoms with E-state index in [0.717, 1.165) is 12.5 Å². The van der Waals surface area contributed by atoms with Crippen LogP contribution in [0.25, 0.3) is 0 Å². The molecule has 0 aliphatic rings. The smallest absolute Gasteiger partial charge is 0.116 e. The summed E-state index contributed by atoms with van der Waals surface area (Å²) >= 11 is 0. The lowest BCUT2D eigenvalue weighted by molar-refractivity contribution is 0.592. The van der Waals surface area contributed by atoms with Crippen molar-refractivity contribution < 1.29 is 0 Å². The van der Waals surface area contributed by atoms with Crippen molar-refractivity contribution in [2.75, 3.05) is 0 Å². The van der Waals surface area contributed by atoms with E-state index < -0.39 is 9.52 Å². The molecule has 4 aromatic carbocycles. The Balaban J connectivity index is 0.000000204. The highest BCUT2D eigenvalue weighted by atomic mass is 28.2. The zero-order valence-electron chi connectivity index (χ0n) is 22.5. The average Bonchev–Trinajstić information content (AvgIpc) is 3.55. The van der Waals surface area contributed by atoms with Gasteiger partial charge in [0, 0.05) is 12.4 Å². The van der Waals surface area contributed by atoms with Gasteiger partial charge in [-0.25, -0.2) is 4.98 Å². The van der Waals surface area contributed by atoms with Gasteiger partial charge in [-0.15, -0.1) is 0 Å². The first-order valence-electron chi connectivity index (χ1n) is 13.6. The van der Waals surface area contributed by atoms with Gasteiger partial charge >= 0.3 is 0 Å². The molecular weight excluding hydrogens is 475 g/mol. The third-order valence-electron chi connectivity index (χ3n) is 7.12. The van der Waals surface area contributed by atoms with Crippen molar-refractivity contribution in [1.82, 2.24) is 9.55 Å². The van der Waals surface area contributed by atoms with Crippen molar-refractivity contribution in [3.8, 4) is 0 Å². The molecule has 5 aromatic rings. The Morgan fingerprint density at radius 3 is 1.63 bits per heavy atom. The molecule has 0 amide bonds. The van der Waals surface area contributed by atoms with Gasteiger partial charge in [0.2, 0.25) is 0 Å². The van der Waals surface area contributed by atoms with E-state index in [4.69, 9.17) is 0 Å². The maximum absolute atomic E-state index is 4.35. The first kappa shape index (κ1) is 27.2. The molecule has 1 heterocycles. The predicted octanol–water partition coefficient (Wildman–Crippen LogP) is 6.59. The second kappa shape index (κ2) is 14.2. The highest BCUT2D eigenvalue weighted by Crippen LogP contribution is 2.34. The van der Waals surface area contributed by atoms with Crippen LogP contribution in [0.2, 0.25) is 6.04 Å². The molecule has 1 aromatic heterocycles. The summed E-state index contributed by atoms with van der Waals surface area (Å²) in [7, 11) is 1.71. The molecular formula is C34H37BN2Si. The fourth-order valence-corrected chi connectivity index (χ4v) is 7.36. The monoisotopic (exact) mass is 512 g/mol. The molecule has 0 spiro atoms. The lowest BCUT2D eigenvalue weighted by atomic mass is 9.76. The van der Waals surface area contributed by atoms with Crippen LogP contribution in [0.1, 0.15) is 41.4 Å². The Bertz CT molecular complexity index is 1260. The molecule has 38 heavy (non-hydrogen) atoms. The van der Waals surface area contributed by atoms with Crippen LogP contribution in [0.4, 0.5) is 0 Å². The highest BCUT2D eigenvalue weighted by molar-refractivity contribution is 6.42. The number of allylic oxidation sites excluding steroid dienone is 2. The van der Waals surface area contributed by atoms with Gasteiger partial charge in [-0.2, -0.15) is 0 Å². The molecule has 0 saturated carbocycles. The first-order valence-corrected chi connectivity index (χ1v) is 15.3. The standard InChI is InChI=1S/C21H24N2Si.C13H13B/c1-2-3-10-17-24-21(23-16-15-22-18-23,19-11-6-4-7-12-19)20-13-8-5-9-14-20;14-13(11-7-3-1-4-8-11)12-9-5-2-6-10-12/h3-16,18H,2,17,24H2,1H3;1-10,13H,14H2. The van der Waals surface area contributed by atoms with Gasteiger partial charge in [0.15, 0.2) is 0 Å². The fourth-order valence-electron chi connectivity index (χ4n) is 5.05. The van der Waals surface area contributed by atoms with Gasteiger partial charge in [-0.1, -0.05) is 140 Å². The van der Waals surface area contributed by atoms with Crippen molar-refractivity contribution in [2.45, 2.75) is 30.4 Å². The van der Waals surface area contributed by atoms with E-state index in [1.54, 1.807) is 0 Å². The number of hydrogen-bond donors (Lipinski definition) is 0. The van der Waals surface area contributed by atoms with E-state index in [2.05, 4.69) is 164 Å². The topological polar surface area (TPSA) is 17.8 Å². The summed E-state index contributed by atoms with van der Waals surface area (Å²) < 4.78 is 2.31. The summed E-state index contributed by atoms with van der Waals surface area (Å²) in [5.74, 6) is 0.484. The minimum absolute atomic E-state index is 0.100. The van der Waals surface area contributed by atoms with Gasteiger partial charge in [0.05, 0.1) is 21.0 Å². The normalized spacial score (nSPS) is 11.6. The van der Waals surface area contributed by atoms with E-state index in [-0.39, 0.29) is 5.16 Å². The number of benzene rings is 4. The minimum Gasteiger partial charge on any atom is -0.327 e. The molecule has 190 valence electrons. The summed E-state index contributed by atoms with van der Waals surface area (Å²) in [6.07, 6.45) is 11.7. The van der Waals surface area contributed by atoms with Gasteiger partial charge < -0.3 is 4.57 Å². The second-order valence-corrected chi connectivity index (χ2v) is 11.6. The maximum Gasteiger partial charge on any atom is 0.116 e. The number of imidazole rings is 1. The van der Waals surface area contributed by atoms with Crippen molar-refractivity contribution >= 4 is 17.4 Å². The predicted molar refractivity (Wildman–Crippen MR) is 167 cm³/mol. The molecule has 0 aliphatic heterocycles. The molecule has 0 bridgehead atoms. The Morgan fingerprint density at radius 1 is 0.737 bits per heavy atom. The second-order valence-electron chi connectivity index (χ2n) is 9.52. The van der Waals surface area contributed by atoms with Gasteiger partial charge in [0.1, 0.15) is 7.85 Å². The molecule has 0 fully saturated rings. The Kier molecular flexibility index (Phi) is 10.1. The quantitative estimate of drug-likeness (QED) is 0.161. The van der Waals surface area contributed by atoms with Gasteiger partial charge in [0.25, 0.3) is 0 Å². The highest BCUT2D eigenvalue weighted by Gasteiger charge is 2.35. The van der Waals surface area contributed by atoms with Crippen LogP contribution in [-0.4, -0.2) is 26.9 Å². The van der Waals surface area contributed by atoms with Crippen molar-refractivity contribution in [3.05, 3.63) is 174 Å². The van der Waals surface area contributed by atoms with Crippen molar-refractivity contribution in [2.24, 2.45) is 0 Å².